The number of nitro groups is 1. The Kier molecular flexibility index (Phi) is 3.66. The SMILES string of the molecule is CC1(C)c2ccccc2[NH2+]C1/C=C/c1cc([N+](=O)[O-])ccc1O. The lowest BCUT2D eigenvalue weighted by molar-refractivity contribution is -0.596. The maximum Gasteiger partial charge on any atom is 0.270 e. The summed E-state index contributed by atoms with van der Waals surface area (Å²) in [6.07, 6.45) is 3.76. The predicted molar refractivity (Wildman–Crippen MR) is 88.6 cm³/mol. The summed E-state index contributed by atoms with van der Waals surface area (Å²) in [5.74, 6) is 0.0418. The van der Waals surface area contributed by atoms with Gasteiger partial charge in [-0.25, -0.2) is 0 Å². The van der Waals surface area contributed by atoms with Crippen molar-refractivity contribution in [3.05, 3.63) is 69.8 Å². The molecule has 0 saturated carbocycles. The van der Waals surface area contributed by atoms with Crippen LogP contribution in [-0.4, -0.2) is 16.1 Å². The number of nitrogens with zero attached hydrogens (tertiary/aromatic N) is 1. The van der Waals surface area contributed by atoms with Crippen LogP contribution in [0.15, 0.2) is 48.5 Å². The van der Waals surface area contributed by atoms with Crippen LogP contribution in [0, 0.1) is 10.1 Å². The minimum Gasteiger partial charge on any atom is -0.507 e. The van der Waals surface area contributed by atoms with Crippen LogP contribution in [0.5, 0.6) is 5.75 Å². The highest BCUT2D eigenvalue weighted by Crippen LogP contribution is 2.35. The Morgan fingerprint density at radius 1 is 1.26 bits per heavy atom. The van der Waals surface area contributed by atoms with Gasteiger partial charge in [-0.3, -0.25) is 10.1 Å². The Balaban J connectivity index is 1.90. The number of nitrogens with two attached hydrogens (primary N) is 1. The molecule has 118 valence electrons. The molecule has 5 heteroatoms. The first-order chi connectivity index (χ1) is 10.9. The van der Waals surface area contributed by atoms with Crippen LogP contribution in [0.2, 0.25) is 0 Å². The molecule has 0 aromatic heterocycles. The van der Waals surface area contributed by atoms with E-state index >= 15 is 0 Å². The molecule has 0 aliphatic carbocycles. The summed E-state index contributed by atoms with van der Waals surface area (Å²) >= 11 is 0. The molecule has 1 heterocycles. The van der Waals surface area contributed by atoms with Crippen LogP contribution in [-0.2, 0) is 5.41 Å². The normalized spacial score (nSPS) is 19.0. The van der Waals surface area contributed by atoms with Crippen molar-refractivity contribution >= 4 is 17.5 Å². The van der Waals surface area contributed by atoms with Crippen LogP contribution in [0.4, 0.5) is 11.4 Å². The fourth-order valence-electron chi connectivity index (χ4n) is 3.10. The fourth-order valence-corrected chi connectivity index (χ4v) is 3.10. The Bertz CT molecular complexity index is 797. The zero-order valence-electron chi connectivity index (χ0n) is 13.1. The molecule has 1 atom stereocenters. The van der Waals surface area contributed by atoms with E-state index < -0.39 is 4.92 Å². The number of benzene rings is 2. The highest BCUT2D eigenvalue weighted by Gasteiger charge is 2.41. The van der Waals surface area contributed by atoms with Crippen LogP contribution in [0.1, 0.15) is 25.0 Å². The maximum absolute atomic E-state index is 10.9. The third kappa shape index (κ3) is 2.71. The monoisotopic (exact) mass is 311 g/mol. The molecule has 3 N–H and O–H groups in total. The Morgan fingerprint density at radius 2 is 2.00 bits per heavy atom. The lowest BCUT2D eigenvalue weighted by Gasteiger charge is -2.21. The van der Waals surface area contributed by atoms with Gasteiger partial charge in [-0.1, -0.05) is 18.2 Å². The van der Waals surface area contributed by atoms with E-state index in [1.807, 2.05) is 18.2 Å². The minimum atomic E-state index is -0.460. The number of nitro benzene ring substituents is 1. The first kappa shape index (κ1) is 15.2. The molecule has 1 unspecified atom stereocenters. The first-order valence-corrected chi connectivity index (χ1v) is 7.49. The van der Waals surface area contributed by atoms with E-state index in [0.29, 0.717) is 5.56 Å². The average Bonchev–Trinajstić information content (AvgIpc) is 2.77. The molecule has 1 aliphatic rings. The van der Waals surface area contributed by atoms with E-state index in [1.165, 1.54) is 29.4 Å². The summed E-state index contributed by atoms with van der Waals surface area (Å²) in [6.45, 7) is 4.36. The summed E-state index contributed by atoms with van der Waals surface area (Å²) in [5, 5.41) is 23.0. The summed E-state index contributed by atoms with van der Waals surface area (Å²) in [5.41, 5.74) is 2.89. The number of hydrogen-bond acceptors (Lipinski definition) is 3. The van der Waals surface area contributed by atoms with Crippen LogP contribution in [0.3, 0.4) is 0 Å². The van der Waals surface area contributed by atoms with Crippen molar-refractivity contribution in [1.82, 2.24) is 0 Å². The summed E-state index contributed by atoms with van der Waals surface area (Å²) in [6, 6.07) is 12.5. The van der Waals surface area contributed by atoms with Crippen molar-refractivity contribution in [2.45, 2.75) is 25.3 Å². The van der Waals surface area contributed by atoms with Gasteiger partial charge in [0.25, 0.3) is 5.69 Å². The van der Waals surface area contributed by atoms with Crippen molar-refractivity contribution < 1.29 is 15.3 Å². The molecule has 0 amide bonds. The molecule has 0 radical (unpaired) electrons. The zero-order valence-corrected chi connectivity index (χ0v) is 13.1. The van der Waals surface area contributed by atoms with Crippen molar-refractivity contribution in [3.63, 3.8) is 0 Å². The molecule has 0 bridgehead atoms. The summed E-state index contributed by atoms with van der Waals surface area (Å²) in [4.78, 5) is 10.4. The number of non-ortho nitro benzene ring substituents is 1. The van der Waals surface area contributed by atoms with Gasteiger partial charge in [0.05, 0.1) is 10.3 Å². The second kappa shape index (κ2) is 5.52. The van der Waals surface area contributed by atoms with Crippen molar-refractivity contribution in [2.24, 2.45) is 0 Å². The van der Waals surface area contributed by atoms with E-state index in [9.17, 15) is 15.2 Å². The zero-order chi connectivity index (χ0) is 16.6. The number of phenols is 1. The topological polar surface area (TPSA) is 80.0 Å². The lowest BCUT2D eigenvalue weighted by Crippen LogP contribution is -2.84. The summed E-state index contributed by atoms with van der Waals surface area (Å²) < 4.78 is 0. The Hall–Kier alpha value is -2.66. The second-order valence-electron chi connectivity index (χ2n) is 6.36. The average molecular weight is 311 g/mol. The molecule has 1 aliphatic heterocycles. The molecule has 0 spiro atoms. The molecular weight excluding hydrogens is 292 g/mol. The van der Waals surface area contributed by atoms with Crippen molar-refractivity contribution in [2.75, 3.05) is 0 Å². The van der Waals surface area contributed by atoms with Gasteiger partial charge in [-0.15, -0.1) is 0 Å². The van der Waals surface area contributed by atoms with E-state index in [1.54, 1.807) is 6.08 Å². The number of fused-ring (bicyclic) bond motifs is 1. The first-order valence-electron chi connectivity index (χ1n) is 7.49. The van der Waals surface area contributed by atoms with Gasteiger partial charge in [-0.2, -0.15) is 0 Å². The quantitative estimate of drug-likeness (QED) is 0.519. The van der Waals surface area contributed by atoms with Gasteiger partial charge >= 0.3 is 0 Å². The molecule has 2 aromatic carbocycles. The molecule has 23 heavy (non-hydrogen) atoms. The number of para-hydroxylation sites is 1. The molecule has 5 nitrogen and oxygen atoms in total. The maximum atomic E-state index is 10.9. The van der Waals surface area contributed by atoms with Crippen LogP contribution >= 0.6 is 0 Å². The smallest absolute Gasteiger partial charge is 0.270 e. The highest BCUT2D eigenvalue weighted by molar-refractivity contribution is 5.61. The lowest BCUT2D eigenvalue weighted by atomic mass is 9.80. The van der Waals surface area contributed by atoms with Gasteiger partial charge < -0.3 is 10.4 Å². The molecule has 0 saturated heterocycles. The van der Waals surface area contributed by atoms with E-state index in [-0.39, 0.29) is 22.9 Å². The third-order valence-corrected chi connectivity index (χ3v) is 4.55. The van der Waals surface area contributed by atoms with E-state index in [4.69, 9.17) is 0 Å². The largest absolute Gasteiger partial charge is 0.507 e. The number of phenolic OH excluding ortho intramolecular Hbond substituents is 1. The highest BCUT2D eigenvalue weighted by atomic mass is 16.6. The third-order valence-electron chi connectivity index (χ3n) is 4.55. The van der Waals surface area contributed by atoms with Gasteiger partial charge in [0.2, 0.25) is 0 Å². The van der Waals surface area contributed by atoms with Crippen molar-refractivity contribution in [1.29, 1.82) is 0 Å². The number of hydrogen-bond donors (Lipinski definition) is 2. The number of quaternary nitrogens is 1. The Morgan fingerprint density at radius 3 is 2.70 bits per heavy atom. The van der Waals surface area contributed by atoms with Crippen LogP contribution in [0.25, 0.3) is 6.08 Å². The van der Waals surface area contributed by atoms with E-state index in [2.05, 4.69) is 31.3 Å². The van der Waals surface area contributed by atoms with Gasteiger partial charge in [0.15, 0.2) is 0 Å². The Labute approximate surface area is 134 Å². The molecule has 0 fully saturated rings. The second-order valence-corrected chi connectivity index (χ2v) is 6.36. The van der Waals surface area contributed by atoms with Crippen LogP contribution < -0.4 is 5.32 Å². The van der Waals surface area contributed by atoms with Gasteiger partial charge in [-0.05, 0) is 38.1 Å². The van der Waals surface area contributed by atoms with E-state index in [0.717, 1.165) is 0 Å². The number of rotatable bonds is 3. The standard InChI is InChI=1S/C18H18N2O3/c1-18(2)14-5-3-4-6-15(14)19-17(18)10-7-12-11-13(20(22)23)8-9-16(12)21/h3-11,17,19,21H,1-2H3/p+1/b10-7+. The summed E-state index contributed by atoms with van der Waals surface area (Å²) in [7, 11) is 0. The van der Waals surface area contributed by atoms with Crippen molar-refractivity contribution in [3.8, 4) is 5.75 Å². The molecular formula is C18H19N2O3+. The predicted octanol–water partition coefficient (Wildman–Crippen LogP) is 2.87. The van der Waals surface area contributed by atoms with Gasteiger partial charge in [0.1, 0.15) is 17.5 Å². The van der Waals surface area contributed by atoms with Gasteiger partial charge in [0, 0.05) is 23.3 Å². The minimum absolute atomic E-state index is 0.0274. The molecule has 2 aromatic rings. The fraction of sp³-hybridized carbons (Fsp3) is 0.222. The molecule has 3 rings (SSSR count). The number of aromatic hydroxyl groups is 1.